The molecule has 0 aliphatic heterocycles. The maximum absolute atomic E-state index is 12.0. The monoisotopic (exact) mass is 356 g/mol. The van der Waals surface area contributed by atoms with Crippen LogP contribution in [0.5, 0.6) is 0 Å². The fraction of sp³-hybridized carbons (Fsp3) is 0.176. The molecule has 0 saturated heterocycles. The molecule has 1 N–H and O–H groups in total. The summed E-state index contributed by atoms with van der Waals surface area (Å²) in [7, 11) is 0. The minimum atomic E-state index is -0.544. The van der Waals surface area contributed by atoms with Crippen molar-refractivity contribution in [3.05, 3.63) is 59.4 Å². The van der Waals surface area contributed by atoms with Crippen LogP contribution >= 0.6 is 11.3 Å². The van der Waals surface area contributed by atoms with E-state index in [-0.39, 0.29) is 18.2 Å². The van der Waals surface area contributed by atoms with Gasteiger partial charge in [-0.2, -0.15) is 4.98 Å². The van der Waals surface area contributed by atoms with Crippen molar-refractivity contribution in [3.8, 4) is 11.4 Å². The van der Waals surface area contributed by atoms with Gasteiger partial charge in [-0.1, -0.05) is 41.1 Å². The normalized spacial score (nSPS) is 10.4. The van der Waals surface area contributed by atoms with Crippen LogP contribution in [0.1, 0.15) is 21.9 Å². The molecule has 2 aromatic heterocycles. The molecule has 0 aliphatic rings. The Morgan fingerprint density at radius 1 is 1.36 bits per heavy atom. The van der Waals surface area contributed by atoms with Gasteiger partial charge in [0.1, 0.15) is 0 Å². The lowest BCUT2D eigenvalue weighted by Gasteiger charge is -1.98. The number of thiazole rings is 1. The van der Waals surface area contributed by atoms with Gasteiger partial charge in [0.25, 0.3) is 5.89 Å². The first-order chi connectivity index (χ1) is 12.2. The Labute approximate surface area is 148 Å². The number of aromatic nitrogens is 3. The second kappa shape index (κ2) is 7.71. The van der Waals surface area contributed by atoms with E-state index in [0.717, 1.165) is 11.1 Å². The van der Waals surface area contributed by atoms with Gasteiger partial charge >= 0.3 is 5.97 Å². The van der Waals surface area contributed by atoms with Crippen LogP contribution in [-0.2, 0) is 11.3 Å². The van der Waals surface area contributed by atoms with E-state index in [0.29, 0.717) is 17.5 Å². The van der Waals surface area contributed by atoms with E-state index >= 15 is 0 Å². The number of nitrogens with one attached hydrogen (secondary N) is 1. The van der Waals surface area contributed by atoms with E-state index < -0.39 is 5.97 Å². The third kappa shape index (κ3) is 4.30. The molecular weight excluding hydrogens is 340 g/mol. The zero-order valence-corrected chi connectivity index (χ0v) is 14.4. The van der Waals surface area contributed by atoms with E-state index in [1.807, 2.05) is 31.2 Å². The predicted molar refractivity (Wildman–Crippen MR) is 94.4 cm³/mol. The van der Waals surface area contributed by atoms with Crippen LogP contribution in [-0.4, -0.2) is 27.6 Å². The number of esters is 1. The molecule has 0 amide bonds. The first-order valence-electron chi connectivity index (χ1n) is 7.53. The summed E-state index contributed by atoms with van der Waals surface area (Å²) in [4.78, 5) is 20.4. The molecule has 0 spiro atoms. The fourth-order valence-corrected chi connectivity index (χ4v) is 2.63. The fourth-order valence-electron chi connectivity index (χ4n) is 1.94. The number of benzene rings is 1. The number of carbonyl (C=O) groups excluding carboxylic acids is 1. The molecule has 1 aromatic carbocycles. The van der Waals surface area contributed by atoms with Crippen LogP contribution in [0.2, 0.25) is 0 Å². The molecule has 3 rings (SSSR count). The molecule has 0 aliphatic carbocycles. The van der Waals surface area contributed by atoms with Gasteiger partial charge in [-0.3, -0.25) is 0 Å². The van der Waals surface area contributed by atoms with E-state index in [2.05, 4.69) is 27.0 Å². The van der Waals surface area contributed by atoms with Gasteiger partial charge in [-0.15, -0.1) is 17.9 Å². The molecule has 0 saturated carbocycles. The lowest BCUT2D eigenvalue weighted by Crippen LogP contribution is -2.06. The third-order valence-electron chi connectivity index (χ3n) is 3.22. The zero-order chi connectivity index (χ0) is 17.6. The second-order valence-electron chi connectivity index (χ2n) is 5.16. The van der Waals surface area contributed by atoms with Gasteiger partial charge in [0.15, 0.2) is 17.4 Å². The highest BCUT2D eigenvalue weighted by Crippen LogP contribution is 2.18. The van der Waals surface area contributed by atoms with Crippen LogP contribution in [0.15, 0.2) is 46.8 Å². The molecule has 0 radical (unpaired) electrons. The number of rotatable bonds is 7. The third-order valence-corrected chi connectivity index (χ3v) is 4.02. The van der Waals surface area contributed by atoms with Gasteiger partial charge < -0.3 is 14.6 Å². The highest BCUT2D eigenvalue weighted by atomic mass is 32.1. The van der Waals surface area contributed by atoms with Crippen molar-refractivity contribution >= 4 is 22.4 Å². The van der Waals surface area contributed by atoms with E-state index in [9.17, 15) is 4.79 Å². The van der Waals surface area contributed by atoms with Gasteiger partial charge in [0.05, 0.1) is 0 Å². The summed E-state index contributed by atoms with van der Waals surface area (Å²) in [5, 5.41) is 9.16. The van der Waals surface area contributed by atoms with Crippen LogP contribution in [0, 0.1) is 6.92 Å². The van der Waals surface area contributed by atoms with Crippen LogP contribution in [0.3, 0.4) is 0 Å². The minimum absolute atomic E-state index is 0.107. The van der Waals surface area contributed by atoms with E-state index in [1.165, 1.54) is 11.3 Å². The summed E-state index contributed by atoms with van der Waals surface area (Å²) < 4.78 is 10.3. The van der Waals surface area contributed by atoms with Crippen LogP contribution in [0.4, 0.5) is 5.13 Å². The molecule has 25 heavy (non-hydrogen) atoms. The van der Waals surface area contributed by atoms with Crippen molar-refractivity contribution in [1.29, 1.82) is 0 Å². The Morgan fingerprint density at radius 3 is 2.92 bits per heavy atom. The molecule has 2 heterocycles. The predicted octanol–water partition coefficient (Wildman–Crippen LogP) is 3.46. The maximum Gasteiger partial charge on any atom is 0.358 e. The average Bonchev–Trinajstić information content (AvgIpc) is 3.28. The molecule has 0 fully saturated rings. The van der Waals surface area contributed by atoms with Gasteiger partial charge in [-0.05, 0) is 6.92 Å². The summed E-state index contributed by atoms with van der Waals surface area (Å²) in [6, 6.07) is 7.74. The number of aryl methyl sites for hydroxylation is 1. The second-order valence-corrected chi connectivity index (χ2v) is 6.02. The summed E-state index contributed by atoms with van der Waals surface area (Å²) in [6.45, 7) is 6.08. The van der Waals surface area contributed by atoms with Gasteiger partial charge in [0, 0.05) is 17.5 Å². The van der Waals surface area contributed by atoms with Crippen molar-refractivity contribution in [2.75, 3.05) is 11.9 Å². The highest BCUT2D eigenvalue weighted by Gasteiger charge is 2.15. The van der Waals surface area contributed by atoms with E-state index in [4.69, 9.17) is 9.26 Å². The molecule has 8 heteroatoms. The van der Waals surface area contributed by atoms with Crippen molar-refractivity contribution in [1.82, 2.24) is 15.1 Å². The molecule has 0 unspecified atom stereocenters. The first-order valence-corrected chi connectivity index (χ1v) is 8.40. The molecule has 0 atom stereocenters. The average molecular weight is 356 g/mol. The SMILES string of the molecule is C=CCNc1nc(C(=O)OCc2nc(-c3ccc(C)cc3)no2)cs1. The first kappa shape index (κ1) is 16.8. The number of ether oxygens (including phenoxy) is 1. The number of carbonyl (C=O) groups is 1. The smallest absolute Gasteiger partial charge is 0.358 e. The zero-order valence-electron chi connectivity index (χ0n) is 13.6. The topological polar surface area (TPSA) is 90.1 Å². The Hall–Kier alpha value is -3.00. The standard InChI is InChI=1S/C17H16N4O3S/c1-3-8-18-17-19-13(10-25-17)16(22)23-9-14-20-15(21-24-14)12-6-4-11(2)5-7-12/h3-7,10H,1,8-9H2,2H3,(H,18,19). The lowest BCUT2D eigenvalue weighted by atomic mass is 10.1. The lowest BCUT2D eigenvalue weighted by molar-refractivity contribution is 0.0424. The summed E-state index contributed by atoms with van der Waals surface area (Å²) >= 11 is 1.32. The molecular formula is C17H16N4O3S. The van der Waals surface area contributed by atoms with Gasteiger partial charge in [-0.25, -0.2) is 9.78 Å². The quantitative estimate of drug-likeness (QED) is 0.512. The van der Waals surface area contributed by atoms with Crippen molar-refractivity contribution in [2.45, 2.75) is 13.5 Å². The number of hydrogen-bond acceptors (Lipinski definition) is 8. The van der Waals surface area contributed by atoms with Crippen molar-refractivity contribution < 1.29 is 14.1 Å². The van der Waals surface area contributed by atoms with Crippen LogP contribution < -0.4 is 5.32 Å². The maximum atomic E-state index is 12.0. The minimum Gasteiger partial charge on any atom is -0.451 e. The molecule has 128 valence electrons. The Balaban J connectivity index is 1.58. The highest BCUT2D eigenvalue weighted by molar-refractivity contribution is 7.13. The molecule has 7 nitrogen and oxygen atoms in total. The van der Waals surface area contributed by atoms with Crippen molar-refractivity contribution in [2.24, 2.45) is 0 Å². The largest absolute Gasteiger partial charge is 0.451 e. The Kier molecular flexibility index (Phi) is 5.20. The summed E-state index contributed by atoms with van der Waals surface area (Å²) in [5.41, 5.74) is 2.21. The van der Waals surface area contributed by atoms with Crippen LogP contribution in [0.25, 0.3) is 11.4 Å². The Bertz CT molecular complexity index is 870. The summed E-state index contributed by atoms with van der Waals surface area (Å²) in [6.07, 6.45) is 1.71. The Morgan fingerprint density at radius 2 is 2.16 bits per heavy atom. The van der Waals surface area contributed by atoms with Gasteiger partial charge in [0.2, 0.25) is 5.82 Å². The number of nitrogens with zero attached hydrogens (tertiary/aromatic N) is 3. The van der Waals surface area contributed by atoms with Crippen molar-refractivity contribution in [3.63, 3.8) is 0 Å². The number of anilines is 1. The molecule has 0 bridgehead atoms. The number of hydrogen-bond donors (Lipinski definition) is 1. The molecule has 3 aromatic rings. The summed E-state index contributed by atoms with van der Waals surface area (Å²) in [5.74, 6) is 0.137. The van der Waals surface area contributed by atoms with E-state index in [1.54, 1.807) is 11.5 Å².